The van der Waals surface area contributed by atoms with Gasteiger partial charge in [-0.1, -0.05) is 103 Å². The maximum atomic E-state index is 5.84. The Bertz CT molecular complexity index is 545. The Morgan fingerprint density at radius 1 is 0.656 bits per heavy atom. The van der Waals surface area contributed by atoms with E-state index in [0.29, 0.717) is 6.61 Å². The van der Waals surface area contributed by atoms with Gasteiger partial charge in [-0.2, -0.15) is 0 Å². The Labute approximate surface area is 200 Å². The van der Waals surface area contributed by atoms with Crippen LogP contribution in [0, 0.1) is 0 Å². The van der Waals surface area contributed by atoms with Crippen LogP contribution in [0.3, 0.4) is 0 Å². The summed E-state index contributed by atoms with van der Waals surface area (Å²) in [4.78, 5) is 0. The quantitative estimate of drug-likeness (QED) is 0.102. The molecule has 1 atom stereocenters. The van der Waals surface area contributed by atoms with Crippen molar-refractivity contribution in [3.8, 4) is 0 Å². The topological polar surface area (TPSA) is 27.7 Å². The number of rotatable bonds is 21. The van der Waals surface area contributed by atoms with Crippen LogP contribution in [0.4, 0.5) is 5.69 Å². The third-order valence-corrected chi connectivity index (χ3v) is 6.92. The van der Waals surface area contributed by atoms with E-state index in [1.807, 2.05) is 0 Å². The molecule has 1 rings (SSSR count). The van der Waals surface area contributed by atoms with Crippen LogP contribution in [0.15, 0.2) is 24.3 Å². The van der Waals surface area contributed by atoms with E-state index in [1.54, 1.807) is 7.11 Å². The van der Waals surface area contributed by atoms with Crippen LogP contribution in [0.2, 0.25) is 0 Å². The lowest BCUT2D eigenvalue weighted by Crippen LogP contribution is -2.34. The summed E-state index contributed by atoms with van der Waals surface area (Å²) < 4.78 is 17.9. The summed E-state index contributed by atoms with van der Waals surface area (Å²) in [7, 11) is 6.91. The predicted molar refractivity (Wildman–Crippen MR) is 141 cm³/mol. The van der Waals surface area contributed by atoms with Crippen LogP contribution in [0.5, 0.6) is 0 Å². The van der Waals surface area contributed by atoms with Crippen molar-refractivity contribution in [3.63, 3.8) is 0 Å². The molecule has 32 heavy (non-hydrogen) atoms. The number of quaternary nitrogens is 1. The van der Waals surface area contributed by atoms with Gasteiger partial charge in [-0.05, 0) is 24.1 Å². The zero-order chi connectivity index (χ0) is 23.5. The monoisotopic (exact) mass is 468 g/mol. The first-order valence-corrected chi connectivity index (χ1v) is 14.1. The molecule has 4 nitrogen and oxygen atoms in total. The second-order valence-electron chi connectivity index (χ2n) is 9.79. The fraction of sp³-hybridized carbons (Fsp3) is 0.778. The summed E-state index contributed by atoms with van der Waals surface area (Å²) in [5.41, 5.74) is 2.42. The van der Waals surface area contributed by atoms with Gasteiger partial charge in [0.15, 0.2) is 0 Å². The largest absolute Gasteiger partial charge is 0.332 e. The molecule has 1 unspecified atom stereocenters. The molecule has 0 N–H and O–H groups in total. The molecular weight excluding hydrogens is 417 g/mol. The van der Waals surface area contributed by atoms with Gasteiger partial charge in [-0.15, -0.1) is 0 Å². The van der Waals surface area contributed by atoms with E-state index >= 15 is 0 Å². The number of hydrogen-bond acceptors (Lipinski definition) is 3. The lowest BCUT2D eigenvalue weighted by atomic mass is 10.0. The minimum Gasteiger partial charge on any atom is -0.316 e. The maximum Gasteiger partial charge on any atom is 0.332 e. The summed E-state index contributed by atoms with van der Waals surface area (Å²) >= 11 is 0. The van der Waals surface area contributed by atoms with Crippen LogP contribution in [-0.4, -0.2) is 34.9 Å². The molecule has 186 valence electrons. The molecule has 0 fully saturated rings. The Balaban J connectivity index is 1.96. The van der Waals surface area contributed by atoms with Crippen molar-refractivity contribution >= 4 is 14.3 Å². The molecule has 5 heteroatoms. The van der Waals surface area contributed by atoms with Gasteiger partial charge in [0.05, 0.1) is 34.4 Å². The molecule has 0 aliphatic carbocycles. The molecule has 0 radical (unpaired) electrons. The SMILES string of the molecule is CCCCCCCCCCCCCCCCOP(OC)OCc1ccc([N+](C)(C)C)cc1. The second-order valence-corrected chi connectivity index (χ2v) is 11.1. The van der Waals surface area contributed by atoms with Gasteiger partial charge in [0, 0.05) is 7.11 Å². The van der Waals surface area contributed by atoms with Crippen LogP contribution in [-0.2, 0) is 20.2 Å². The van der Waals surface area contributed by atoms with Gasteiger partial charge in [0.25, 0.3) is 0 Å². The molecule has 0 spiro atoms. The molecule has 0 aliphatic rings. The lowest BCUT2D eigenvalue weighted by Gasteiger charge is -2.23. The highest BCUT2D eigenvalue weighted by atomic mass is 31.2. The zero-order valence-electron chi connectivity index (χ0n) is 21.7. The van der Waals surface area contributed by atoms with Crippen molar-refractivity contribution in [3.05, 3.63) is 29.8 Å². The molecular formula is C27H51NO3P+. The van der Waals surface area contributed by atoms with Gasteiger partial charge in [0.2, 0.25) is 0 Å². The van der Waals surface area contributed by atoms with Crippen LogP contribution in [0.1, 0.15) is 102 Å². The molecule has 0 heterocycles. The molecule has 0 saturated carbocycles. The van der Waals surface area contributed by atoms with Crippen molar-refractivity contribution in [1.82, 2.24) is 4.48 Å². The van der Waals surface area contributed by atoms with Gasteiger partial charge >= 0.3 is 8.60 Å². The maximum absolute atomic E-state index is 5.84. The number of unbranched alkanes of at least 4 members (excludes halogenated alkanes) is 13. The minimum atomic E-state index is -1.26. The third-order valence-electron chi connectivity index (χ3n) is 5.89. The van der Waals surface area contributed by atoms with E-state index in [1.165, 1.54) is 89.2 Å². The highest BCUT2D eigenvalue weighted by molar-refractivity contribution is 7.41. The van der Waals surface area contributed by atoms with Crippen molar-refractivity contribution in [2.45, 2.75) is 103 Å². The summed E-state index contributed by atoms with van der Waals surface area (Å²) in [6, 6.07) is 8.55. The molecule has 1 aromatic carbocycles. The summed E-state index contributed by atoms with van der Waals surface area (Å²) in [6.07, 6.45) is 19.1. The first-order valence-electron chi connectivity index (χ1n) is 13.0. The Hall–Kier alpha value is -0.510. The average Bonchev–Trinajstić information content (AvgIpc) is 2.78. The van der Waals surface area contributed by atoms with Crippen LogP contribution >= 0.6 is 8.60 Å². The van der Waals surface area contributed by atoms with E-state index in [2.05, 4.69) is 52.3 Å². The average molecular weight is 469 g/mol. The fourth-order valence-corrected chi connectivity index (χ4v) is 4.56. The smallest absolute Gasteiger partial charge is 0.316 e. The number of benzene rings is 1. The molecule has 0 saturated heterocycles. The van der Waals surface area contributed by atoms with Crippen molar-refractivity contribution in [2.75, 3.05) is 34.9 Å². The minimum absolute atomic E-state index is 0.524. The predicted octanol–water partition coefficient (Wildman–Crippen LogP) is 8.77. The Kier molecular flexibility index (Phi) is 17.4. The standard InChI is InChI=1S/C27H51NO3P/c1-6-7-8-9-10-11-12-13-14-15-16-17-18-19-24-30-32(29-5)31-25-26-20-22-27(23-21-26)28(2,3)4/h20-23H,6-19,24-25H2,1-5H3/q+1. The Morgan fingerprint density at radius 2 is 1.12 bits per heavy atom. The van der Waals surface area contributed by atoms with E-state index in [9.17, 15) is 0 Å². The molecule has 0 bridgehead atoms. The van der Waals surface area contributed by atoms with Crippen molar-refractivity contribution in [2.24, 2.45) is 0 Å². The van der Waals surface area contributed by atoms with Crippen LogP contribution < -0.4 is 4.48 Å². The first-order chi connectivity index (χ1) is 15.5. The summed E-state index contributed by atoms with van der Waals surface area (Å²) in [5, 5.41) is 0. The van der Waals surface area contributed by atoms with E-state index < -0.39 is 8.60 Å². The second kappa shape index (κ2) is 18.9. The highest BCUT2D eigenvalue weighted by Crippen LogP contribution is 2.39. The zero-order valence-corrected chi connectivity index (χ0v) is 22.6. The van der Waals surface area contributed by atoms with Gasteiger partial charge in [-0.3, -0.25) is 4.48 Å². The van der Waals surface area contributed by atoms with E-state index in [0.717, 1.165) is 23.1 Å². The van der Waals surface area contributed by atoms with E-state index in [-0.39, 0.29) is 0 Å². The molecule has 0 amide bonds. The number of nitrogens with zero attached hydrogens (tertiary/aromatic N) is 1. The Morgan fingerprint density at radius 3 is 1.56 bits per heavy atom. The van der Waals surface area contributed by atoms with Gasteiger partial charge < -0.3 is 13.6 Å². The number of hydrogen-bond donors (Lipinski definition) is 0. The molecule has 0 aromatic heterocycles. The highest BCUT2D eigenvalue weighted by Gasteiger charge is 2.13. The molecule has 1 aromatic rings. The van der Waals surface area contributed by atoms with Crippen LogP contribution in [0.25, 0.3) is 0 Å². The fourth-order valence-electron chi connectivity index (χ4n) is 3.74. The summed E-state index contributed by atoms with van der Waals surface area (Å²) in [6.45, 7) is 3.53. The van der Waals surface area contributed by atoms with Gasteiger partial charge in [0.1, 0.15) is 5.69 Å². The normalized spacial score (nSPS) is 12.9. The van der Waals surface area contributed by atoms with Gasteiger partial charge in [-0.25, -0.2) is 0 Å². The van der Waals surface area contributed by atoms with Crippen molar-refractivity contribution < 1.29 is 13.6 Å². The third kappa shape index (κ3) is 15.3. The van der Waals surface area contributed by atoms with E-state index in [4.69, 9.17) is 13.6 Å². The summed E-state index contributed by atoms with van der Waals surface area (Å²) in [5.74, 6) is 0. The first kappa shape index (κ1) is 29.5. The lowest BCUT2D eigenvalue weighted by molar-refractivity contribution is 0.172. The molecule has 0 aliphatic heterocycles. The van der Waals surface area contributed by atoms with Crippen molar-refractivity contribution in [1.29, 1.82) is 0 Å².